The van der Waals surface area contributed by atoms with Crippen molar-refractivity contribution in [3.8, 4) is 0 Å². The molecule has 0 aromatic heterocycles. The molecule has 0 radical (unpaired) electrons. The molecule has 1 fully saturated rings. The second kappa shape index (κ2) is 4.69. The number of hydrogen-bond acceptors (Lipinski definition) is 5. The minimum absolute atomic E-state index is 0.0944. The van der Waals surface area contributed by atoms with Crippen LogP contribution in [0.2, 0.25) is 0 Å². The molecule has 0 atom stereocenters. The second-order valence-corrected chi connectivity index (χ2v) is 6.51. The molecule has 8 heteroatoms. The lowest BCUT2D eigenvalue weighted by Gasteiger charge is -2.33. The van der Waals surface area contributed by atoms with E-state index in [0.29, 0.717) is 0 Å². The quantitative estimate of drug-likeness (QED) is 0.613. The molecule has 1 saturated heterocycles. The number of benzene rings is 1. The van der Waals surface area contributed by atoms with Gasteiger partial charge in [0, 0.05) is 31.9 Å². The average molecular weight is 285 g/mol. The predicted molar refractivity (Wildman–Crippen MR) is 73.2 cm³/mol. The van der Waals surface area contributed by atoms with E-state index in [-0.39, 0.29) is 11.4 Å². The van der Waals surface area contributed by atoms with Gasteiger partial charge in [0.15, 0.2) is 0 Å². The number of rotatable bonds is 4. The van der Waals surface area contributed by atoms with Crippen LogP contribution in [0.5, 0.6) is 0 Å². The molecule has 1 aromatic carbocycles. The third-order valence-corrected chi connectivity index (χ3v) is 4.41. The normalized spacial score (nSPS) is 14.9. The molecule has 19 heavy (non-hydrogen) atoms. The van der Waals surface area contributed by atoms with Crippen molar-refractivity contribution in [2.75, 3.05) is 35.6 Å². The third-order valence-electron chi connectivity index (χ3n) is 3.21. The fourth-order valence-corrected chi connectivity index (χ4v) is 2.37. The fraction of sp³-hybridized carbons (Fsp3) is 0.455. The molecule has 1 heterocycles. The molecule has 0 spiro atoms. The van der Waals surface area contributed by atoms with Crippen LogP contribution >= 0.6 is 0 Å². The van der Waals surface area contributed by atoms with Crippen LogP contribution in [0.4, 0.5) is 17.1 Å². The second-order valence-electron chi connectivity index (χ2n) is 4.50. The zero-order valence-corrected chi connectivity index (χ0v) is 11.6. The van der Waals surface area contributed by atoms with Gasteiger partial charge in [-0.15, -0.1) is 0 Å². The van der Waals surface area contributed by atoms with Gasteiger partial charge in [-0.2, -0.15) is 0 Å². The molecule has 0 unspecified atom stereocenters. The Morgan fingerprint density at radius 2 is 2.00 bits per heavy atom. The Morgan fingerprint density at radius 1 is 1.37 bits per heavy atom. The highest BCUT2D eigenvalue weighted by Crippen LogP contribution is 2.34. The maximum absolute atomic E-state index is 11.6. The van der Waals surface area contributed by atoms with Crippen molar-refractivity contribution in [2.45, 2.75) is 6.42 Å². The fourth-order valence-electron chi connectivity index (χ4n) is 1.87. The van der Waals surface area contributed by atoms with Gasteiger partial charge in [-0.1, -0.05) is 0 Å². The zero-order chi connectivity index (χ0) is 14.2. The van der Waals surface area contributed by atoms with Crippen molar-refractivity contribution in [1.29, 1.82) is 0 Å². The van der Waals surface area contributed by atoms with Gasteiger partial charge < -0.3 is 4.90 Å². The van der Waals surface area contributed by atoms with E-state index >= 15 is 0 Å². The maximum Gasteiger partial charge on any atom is 0.293 e. The van der Waals surface area contributed by atoms with E-state index in [1.807, 2.05) is 4.90 Å². The molecule has 1 aliphatic heterocycles. The summed E-state index contributed by atoms with van der Waals surface area (Å²) >= 11 is 0. The Hall–Kier alpha value is -1.83. The largest absolute Gasteiger partial charge is 0.371 e. The molecule has 2 rings (SSSR count). The lowest BCUT2D eigenvalue weighted by atomic mass is 10.1. The van der Waals surface area contributed by atoms with E-state index in [9.17, 15) is 18.5 Å². The summed E-state index contributed by atoms with van der Waals surface area (Å²) in [5.74, 6) is 0. The smallest absolute Gasteiger partial charge is 0.293 e. The first kappa shape index (κ1) is 13.6. The predicted octanol–water partition coefficient (Wildman–Crippen LogP) is 1.20. The number of sulfonamides is 1. The van der Waals surface area contributed by atoms with E-state index in [4.69, 9.17) is 0 Å². The van der Waals surface area contributed by atoms with Gasteiger partial charge in [0.05, 0.1) is 11.2 Å². The Balaban J connectivity index is 2.50. The monoisotopic (exact) mass is 285 g/mol. The summed E-state index contributed by atoms with van der Waals surface area (Å²) in [6, 6.07) is 4.56. The first-order chi connectivity index (χ1) is 8.80. The van der Waals surface area contributed by atoms with Crippen molar-refractivity contribution in [3.63, 3.8) is 0 Å². The first-order valence-electron chi connectivity index (χ1n) is 5.78. The summed E-state index contributed by atoms with van der Waals surface area (Å²) in [7, 11) is -2.22. The maximum atomic E-state index is 11.6. The molecule has 104 valence electrons. The molecular weight excluding hydrogens is 270 g/mol. The van der Waals surface area contributed by atoms with E-state index in [0.717, 1.165) is 35.8 Å². The zero-order valence-electron chi connectivity index (χ0n) is 10.7. The van der Waals surface area contributed by atoms with Gasteiger partial charge in [0.25, 0.3) is 5.69 Å². The van der Waals surface area contributed by atoms with Gasteiger partial charge in [-0.25, -0.2) is 8.42 Å². The highest BCUT2D eigenvalue weighted by atomic mass is 32.2. The van der Waals surface area contributed by atoms with Crippen LogP contribution in [0, 0.1) is 10.1 Å². The Bertz CT molecular complexity index is 610. The van der Waals surface area contributed by atoms with Crippen LogP contribution < -0.4 is 9.21 Å². The van der Waals surface area contributed by atoms with Crippen LogP contribution in [0.3, 0.4) is 0 Å². The van der Waals surface area contributed by atoms with Crippen LogP contribution in [-0.4, -0.2) is 39.7 Å². The number of anilines is 2. The lowest BCUT2D eigenvalue weighted by Crippen LogP contribution is -2.37. The summed E-state index contributed by atoms with van der Waals surface area (Å²) in [4.78, 5) is 12.5. The number of nitrogens with zero attached hydrogens (tertiary/aromatic N) is 3. The molecule has 0 N–H and O–H groups in total. The molecule has 1 aromatic rings. The van der Waals surface area contributed by atoms with Crippen molar-refractivity contribution < 1.29 is 13.3 Å². The molecule has 0 bridgehead atoms. The van der Waals surface area contributed by atoms with Gasteiger partial charge >= 0.3 is 0 Å². The Kier molecular flexibility index (Phi) is 3.36. The van der Waals surface area contributed by atoms with Gasteiger partial charge in [-0.05, 0) is 18.6 Å². The lowest BCUT2D eigenvalue weighted by molar-refractivity contribution is -0.384. The molecule has 1 aliphatic rings. The van der Waals surface area contributed by atoms with Gasteiger partial charge in [-0.3, -0.25) is 14.4 Å². The van der Waals surface area contributed by atoms with E-state index < -0.39 is 14.9 Å². The molecule has 7 nitrogen and oxygen atoms in total. The molecule has 0 saturated carbocycles. The number of nitro benzene ring substituents is 1. The van der Waals surface area contributed by atoms with Gasteiger partial charge in [0.1, 0.15) is 5.69 Å². The summed E-state index contributed by atoms with van der Waals surface area (Å²) in [5.41, 5.74) is 0.691. The average Bonchev–Trinajstić information content (AvgIpc) is 2.24. The minimum atomic E-state index is -3.53. The van der Waals surface area contributed by atoms with Crippen LogP contribution in [0.1, 0.15) is 6.42 Å². The van der Waals surface area contributed by atoms with Crippen LogP contribution in [0.15, 0.2) is 18.2 Å². The van der Waals surface area contributed by atoms with Crippen molar-refractivity contribution in [2.24, 2.45) is 0 Å². The number of nitro groups is 1. The summed E-state index contributed by atoms with van der Waals surface area (Å²) < 4.78 is 24.1. The SMILES string of the molecule is CN(c1cc(N2CCC2)ccc1[N+](=O)[O-])S(C)(=O)=O. The molecule has 0 aliphatic carbocycles. The number of hydrogen-bond donors (Lipinski definition) is 0. The summed E-state index contributed by atoms with van der Waals surface area (Å²) in [5, 5.41) is 11.0. The van der Waals surface area contributed by atoms with E-state index in [1.54, 1.807) is 12.1 Å². The molecule has 0 amide bonds. The van der Waals surface area contributed by atoms with Crippen LogP contribution in [-0.2, 0) is 10.0 Å². The Labute approximate surface area is 111 Å². The topological polar surface area (TPSA) is 83.8 Å². The standard InChI is InChI=1S/C11H15N3O4S/c1-12(19(2,17)18)11-8-9(13-6-3-7-13)4-5-10(11)14(15)16/h4-5,8H,3,6-7H2,1-2H3. The third kappa shape index (κ3) is 2.62. The van der Waals surface area contributed by atoms with E-state index in [1.165, 1.54) is 13.1 Å². The highest BCUT2D eigenvalue weighted by Gasteiger charge is 2.25. The highest BCUT2D eigenvalue weighted by molar-refractivity contribution is 7.92. The van der Waals surface area contributed by atoms with Crippen LogP contribution in [0.25, 0.3) is 0 Å². The Morgan fingerprint density at radius 3 is 2.42 bits per heavy atom. The van der Waals surface area contributed by atoms with Crippen molar-refractivity contribution >= 4 is 27.1 Å². The molecular formula is C11H15N3O4S. The minimum Gasteiger partial charge on any atom is -0.371 e. The summed E-state index contributed by atoms with van der Waals surface area (Å²) in [6.07, 6.45) is 2.10. The van der Waals surface area contributed by atoms with Crippen molar-refractivity contribution in [3.05, 3.63) is 28.3 Å². The van der Waals surface area contributed by atoms with E-state index in [2.05, 4.69) is 0 Å². The first-order valence-corrected chi connectivity index (χ1v) is 7.63. The van der Waals surface area contributed by atoms with Crippen molar-refractivity contribution in [1.82, 2.24) is 0 Å². The van der Waals surface area contributed by atoms with Gasteiger partial charge in [0.2, 0.25) is 10.0 Å². The summed E-state index contributed by atoms with van der Waals surface area (Å²) in [6.45, 7) is 1.78.